The zero-order valence-electron chi connectivity index (χ0n) is 8.83. The summed E-state index contributed by atoms with van der Waals surface area (Å²) >= 11 is 0. The predicted octanol–water partition coefficient (Wildman–Crippen LogP) is 0.916. The van der Waals surface area contributed by atoms with E-state index in [9.17, 15) is 4.79 Å². The van der Waals surface area contributed by atoms with E-state index in [-0.39, 0.29) is 24.5 Å². The van der Waals surface area contributed by atoms with Crippen LogP contribution >= 0.6 is 0 Å². The highest BCUT2D eigenvalue weighted by Gasteiger charge is 2.32. The van der Waals surface area contributed by atoms with Crippen LogP contribution in [0.25, 0.3) is 10.4 Å². The first-order valence-electron chi connectivity index (χ1n) is 5.14. The van der Waals surface area contributed by atoms with Crippen molar-refractivity contribution >= 4 is 5.91 Å². The number of nitrogens with zero attached hydrogens (tertiary/aromatic N) is 4. The number of carbonyl (C=O) groups is 1. The molecule has 1 amide bonds. The van der Waals surface area contributed by atoms with Gasteiger partial charge in [0, 0.05) is 24.4 Å². The maximum atomic E-state index is 11.6. The van der Waals surface area contributed by atoms with Gasteiger partial charge in [0.2, 0.25) is 5.91 Å². The highest BCUT2D eigenvalue weighted by molar-refractivity contribution is 5.79. The first-order chi connectivity index (χ1) is 7.22. The zero-order chi connectivity index (χ0) is 11.3. The fourth-order valence-corrected chi connectivity index (χ4v) is 1.88. The van der Waals surface area contributed by atoms with Gasteiger partial charge in [0.05, 0.1) is 12.6 Å². The van der Waals surface area contributed by atoms with E-state index in [0.29, 0.717) is 19.5 Å². The molecular formula is C9H16N4O2. The molecule has 0 spiro atoms. The molecule has 0 aromatic rings. The Bertz CT molecular complexity index is 271. The maximum Gasteiger partial charge on any atom is 0.223 e. The molecule has 6 nitrogen and oxygen atoms in total. The van der Waals surface area contributed by atoms with Gasteiger partial charge in [-0.3, -0.25) is 4.79 Å². The van der Waals surface area contributed by atoms with Gasteiger partial charge in [0.1, 0.15) is 0 Å². The summed E-state index contributed by atoms with van der Waals surface area (Å²) in [5.74, 6) is 0.156. The molecule has 6 heteroatoms. The van der Waals surface area contributed by atoms with Gasteiger partial charge in [-0.25, -0.2) is 0 Å². The topological polar surface area (TPSA) is 89.3 Å². The molecule has 0 aliphatic carbocycles. The van der Waals surface area contributed by atoms with Gasteiger partial charge < -0.3 is 10.0 Å². The number of carbonyl (C=O) groups excluding carboxylic acids is 1. The molecule has 1 saturated heterocycles. The average molecular weight is 212 g/mol. The number of rotatable bonds is 5. The smallest absolute Gasteiger partial charge is 0.223 e. The van der Waals surface area contributed by atoms with E-state index in [1.807, 2.05) is 6.92 Å². The molecule has 84 valence electrons. The van der Waals surface area contributed by atoms with Crippen molar-refractivity contribution in [2.45, 2.75) is 25.8 Å². The number of hydrogen-bond donors (Lipinski definition) is 1. The third-order valence-corrected chi connectivity index (χ3v) is 2.76. The largest absolute Gasteiger partial charge is 0.394 e. The molecule has 1 unspecified atom stereocenters. The molecule has 0 radical (unpaired) electrons. The normalized spacial score (nSPS) is 22.7. The molecule has 0 aromatic carbocycles. The van der Waals surface area contributed by atoms with Crippen molar-refractivity contribution in [2.75, 3.05) is 19.7 Å². The van der Waals surface area contributed by atoms with E-state index >= 15 is 0 Å². The Labute approximate surface area is 88.5 Å². The minimum absolute atomic E-state index is 0.00349. The quantitative estimate of drug-likeness (QED) is 0.417. The van der Waals surface area contributed by atoms with Crippen LogP contribution in [0.15, 0.2) is 5.11 Å². The molecule has 1 N–H and O–H groups in total. The molecule has 0 aromatic heterocycles. The molecule has 2 atom stereocenters. The summed E-state index contributed by atoms with van der Waals surface area (Å²) < 4.78 is 0. The summed E-state index contributed by atoms with van der Waals surface area (Å²) in [6.07, 6.45) is 1.17. The van der Waals surface area contributed by atoms with Crippen molar-refractivity contribution in [3.05, 3.63) is 10.4 Å². The van der Waals surface area contributed by atoms with Crippen LogP contribution in [0.3, 0.4) is 0 Å². The lowest BCUT2D eigenvalue weighted by atomic mass is 10.1. The van der Waals surface area contributed by atoms with Crippen LogP contribution in [0.4, 0.5) is 0 Å². The third kappa shape index (κ3) is 2.84. The number of azide groups is 1. The van der Waals surface area contributed by atoms with E-state index in [1.165, 1.54) is 0 Å². The maximum absolute atomic E-state index is 11.6. The van der Waals surface area contributed by atoms with Crippen molar-refractivity contribution in [3.8, 4) is 0 Å². The molecular weight excluding hydrogens is 196 g/mol. The van der Waals surface area contributed by atoms with Gasteiger partial charge in [-0.05, 0) is 17.9 Å². The molecule has 1 aliphatic rings. The van der Waals surface area contributed by atoms with E-state index in [1.54, 1.807) is 4.90 Å². The van der Waals surface area contributed by atoms with E-state index in [0.717, 1.165) is 6.42 Å². The minimum Gasteiger partial charge on any atom is -0.394 e. The standard InChI is InChI=1S/C9H16N4O2/c1-2-8(6-14)13-5-7(3-9(13)15)4-11-12-10/h7-8,14H,2-6H2,1H3/t7?,8-/m0/s1. The highest BCUT2D eigenvalue weighted by Crippen LogP contribution is 2.21. The van der Waals surface area contributed by atoms with Gasteiger partial charge in [0.15, 0.2) is 0 Å². The molecule has 15 heavy (non-hydrogen) atoms. The molecule has 1 fully saturated rings. The second kappa shape index (κ2) is 5.58. The van der Waals surface area contributed by atoms with Gasteiger partial charge >= 0.3 is 0 Å². The lowest BCUT2D eigenvalue weighted by Gasteiger charge is -2.25. The number of hydrogen-bond acceptors (Lipinski definition) is 3. The summed E-state index contributed by atoms with van der Waals surface area (Å²) in [6, 6.07) is -0.0893. The number of amides is 1. The Morgan fingerprint density at radius 1 is 1.80 bits per heavy atom. The first kappa shape index (κ1) is 11.8. The Balaban J connectivity index is 2.55. The Morgan fingerprint density at radius 2 is 2.53 bits per heavy atom. The zero-order valence-corrected chi connectivity index (χ0v) is 8.83. The first-order valence-corrected chi connectivity index (χ1v) is 5.14. The van der Waals surface area contributed by atoms with E-state index in [2.05, 4.69) is 10.0 Å². The van der Waals surface area contributed by atoms with Crippen LogP contribution in [0.5, 0.6) is 0 Å². The summed E-state index contributed by atoms with van der Waals surface area (Å²) in [7, 11) is 0. The van der Waals surface area contributed by atoms with E-state index in [4.69, 9.17) is 10.6 Å². The van der Waals surface area contributed by atoms with Crippen LogP contribution in [0, 0.1) is 5.92 Å². The van der Waals surface area contributed by atoms with Crippen molar-refractivity contribution in [1.82, 2.24) is 4.90 Å². The number of aliphatic hydroxyl groups is 1. The van der Waals surface area contributed by atoms with Crippen LogP contribution < -0.4 is 0 Å². The van der Waals surface area contributed by atoms with Crippen molar-refractivity contribution in [1.29, 1.82) is 0 Å². The van der Waals surface area contributed by atoms with Gasteiger partial charge in [-0.15, -0.1) is 0 Å². The molecule has 1 rings (SSSR count). The molecule has 0 bridgehead atoms. The minimum atomic E-state index is -0.0893. The van der Waals surface area contributed by atoms with E-state index < -0.39 is 0 Å². The van der Waals surface area contributed by atoms with Crippen LogP contribution in [0.2, 0.25) is 0 Å². The summed E-state index contributed by atoms with van der Waals surface area (Å²) in [5, 5.41) is 12.6. The fourth-order valence-electron chi connectivity index (χ4n) is 1.88. The Kier molecular flexibility index (Phi) is 4.39. The monoisotopic (exact) mass is 212 g/mol. The number of aliphatic hydroxyl groups excluding tert-OH is 1. The SMILES string of the molecule is CC[C@@H](CO)N1CC(CN=[N+]=[N-])CC1=O. The second-order valence-electron chi connectivity index (χ2n) is 3.77. The van der Waals surface area contributed by atoms with Gasteiger partial charge in [-0.2, -0.15) is 0 Å². The number of likely N-dealkylation sites (tertiary alicyclic amines) is 1. The summed E-state index contributed by atoms with van der Waals surface area (Å²) in [5.41, 5.74) is 8.18. The highest BCUT2D eigenvalue weighted by atomic mass is 16.3. The molecule has 1 aliphatic heterocycles. The molecule has 0 saturated carbocycles. The van der Waals surface area contributed by atoms with Crippen molar-refractivity contribution < 1.29 is 9.90 Å². The lowest BCUT2D eigenvalue weighted by Crippen LogP contribution is -2.38. The fraction of sp³-hybridized carbons (Fsp3) is 0.889. The lowest BCUT2D eigenvalue weighted by molar-refractivity contribution is -0.130. The van der Waals surface area contributed by atoms with Crippen LogP contribution in [0.1, 0.15) is 19.8 Å². The van der Waals surface area contributed by atoms with Gasteiger partial charge in [0.25, 0.3) is 0 Å². The van der Waals surface area contributed by atoms with Gasteiger partial charge in [-0.1, -0.05) is 12.0 Å². The Morgan fingerprint density at radius 3 is 3.07 bits per heavy atom. The summed E-state index contributed by atoms with van der Waals surface area (Å²) in [6.45, 7) is 2.89. The average Bonchev–Trinajstić information content (AvgIpc) is 2.59. The van der Waals surface area contributed by atoms with Crippen LogP contribution in [-0.4, -0.2) is 41.7 Å². The Hall–Kier alpha value is -1.26. The third-order valence-electron chi connectivity index (χ3n) is 2.76. The van der Waals surface area contributed by atoms with Crippen LogP contribution in [-0.2, 0) is 4.79 Å². The summed E-state index contributed by atoms with van der Waals surface area (Å²) in [4.78, 5) is 16.0. The van der Waals surface area contributed by atoms with Crippen molar-refractivity contribution in [3.63, 3.8) is 0 Å². The van der Waals surface area contributed by atoms with Crippen molar-refractivity contribution in [2.24, 2.45) is 11.0 Å². The predicted molar refractivity (Wildman–Crippen MR) is 55.0 cm³/mol. The molecule has 1 heterocycles. The second-order valence-corrected chi connectivity index (χ2v) is 3.77.